The summed E-state index contributed by atoms with van der Waals surface area (Å²) in [5.74, 6) is 0.196. The zero-order chi connectivity index (χ0) is 13.3. The number of nitrogens with one attached hydrogen (secondary N) is 1. The predicted octanol–water partition coefficient (Wildman–Crippen LogP) is 0.673. The number of ether oxygens (including phenoxy) is 1. The Kier molecular flexibility index (Phi) is 8.77. The summed E-state index contributed by atoms with van der Waals surface area (Å²) in [5.41, 5.74) is 0. The zero-order valence-electron chi connectivity index (χ0n) is 11.4. The zero-order valence-corrected chi connectivity index (χ0v) is 12.2. The lowest BCUT2D eigenvalue weighted by atomic mass is 10.3. The summed E-state index contributed by atoms with van der Waals surface area (Å²) >= 11 is 0. The van der Waals surface area contributed by atoms with E-state index in [0.717, 1.165) is 13.0 Å². The first-order valence-electron chi connectivity index (χ1n) is 6.12. The average molecular weight is 266 g/mol. The highest BCUT2D eigenvalue weighted by Crippen LogP contribution is 2.11. The van der Waals surface area contributed by atoms with Gasteiger partial charge in [-0.05, 0) is 33.4 Å². The molecule has 1 atom stereocenters. The van der Waals surface area contributed by atoms with Crippen molar-refractivity contribution in [1.29, 1.82) is 0 Å². The molecule has 0 amide bonds. The minimum atomic E-state index is -3.16. The lowest BCUT2D eigenvalue weighted by molar-refractivity contribution is 0.167. The van der Waals surface area contributed by atoms with Crippen LogP contribution in [0.25, 0.3) is 0 Å². The van der Waals surface area contributed by atoms with E-state index in [2.05, 4.69) is 5.32 Å². The molecular weight excluding hydrogens is 240 g/mol. The lowest BCUT2D eigenvalue weighted by Crippen LogP contribution is -2.42. The standard InChI is InChI=1S/C11H26N2O3S/c1-5-11(2)13(8-9-16-4)17(14,15)10-6-7-12-3/h11-12H,5-10H2,1-4H3. The van der Waals surface area contributed by atoms with Gasteiger partial charge in [-0.15, -0.1) is 0 Å². The molecule has 6 heteroatoms. The summed E-state index contributed by atoms with van der Waals surface area (Å²) in [4.78, 5) is 0. The largest absolute Gasteiger partial charge is 0.383 e. The first-order chi connectivity index (χ1) is 7.99. The van der Waals surface area contributed by atoms with Crippen LogP contribution in [0.3, 0.4) is 0 Å². The maximum absolute atomic E-state index is 12.2. The molecule has 0 aromatic heterocycles. The molecule has 0 aliphatic heterocycles. The molecule has 0 saturated carbocycles. The SMILES string of the molecule is CCC(C)N(CCOC)S(=O)(=O)CCCNC. The summed E-state index contributed by atoms with van der Waals surface area (Å²) in [6.45, 7) is 5.53. The fourth-order valence-corrected chi connectivity index (χ4v) is 3.36. The van der Waals surface area contributed by atoms with E-state index in [1.807, 2.05) is 20.9 Å². The Morgan fingerprint density at radius 1 is 1.41 bits per heavy atom. The third kappa shape index (κ3) is 6.35. The van der Waals surface area contributed by atoms with Gasteiger partial charge in [0.05, 0.1) is 12.4 Å². The van der Waals surface area contributed by atoms with Gasteiger partial charge in [-0.25, -0.2) is 8.42 Å². The Hall–Kier alpha value is -0.170. The summed E-state index contributed by atoms with van der Waals surface area (Å²) in [5, 5.41) is 2.96. The van der Waals surface area contributed by atoms with E-state index in [1.54, 1.807) is 11.4 Å². The molecule has 0 rings (SSSR count). The van der Waals surface area contributed by atoms with Gasteiger partial charge in [0.2, 0.25) is 10.0 Å². The Labute approximate surface area is 106 Å². The minimum absolute atomic E-state index is 0.0322. The van der Waals surface area contributed by atoms with E-state index in [9.17, 15) is 8.42 Å². The lowest BCUT2D eigenvalue weighted by Gasteiger charge is -2.27. The van der Waals surface area contributed by atoms with Gasteiger partial charge in [0.1, 0.15) is 0 Å². The van der Waals surface area contributed by atoms with Crippen LogP contribution >= 0.6 is 0 Å². The quantitative estimate of drug-likeness (QED) is 0.591. The maximum atomic E-state index is 12.2. The van der Waals surface area contributed by atoms with Crippen LogP contribution in [0.5, 0.6) is 0 Å². The van der Waals surface area contributed by atoms with Crippen molar-refractivity contribution in [3.8, 4) is 0 Å². The third-order valence-corrected chi connectivity index (χ3v) is 4.85. The molecule has 0 radical (unpaired) electrons. The Bertz CT molecular complexity index is 280. The van der Waals surface area contributed by atoms with E-state index in [4.69, 9.17) is 4.74 Å². The second kappa shape index (κ2) is 8.85. The van der Waals surface area contributed by atoms with Gasteiger partial charge in [0.15, 0.2) is 0 Å². The second-order valence-electron chi connectivity index (χ2n) is 4.13. The molecule has 5 nitrogen and oxygen atoms in total. The highest BCUT2D eigenvalue weighted by Gasteiger charge is 2.25. The molecular formula is C11H26N2O3S. The summed E-state index contributed by atoms with van der Waals surface area (Å²) in [6, 6.07) is 0.0322. The minimum Gasteiger partial charge on any atom is -0.383 e. The molecule has 0 spiro atoms. The molecule has 0 saturated heterocycles. The van der Waals surface area contributed by atoms with Crippen molar-refractivity contribution in [3.05, 3.63) is 0 Å². The van der Waals surface area contributed by atoms with Crippen molar-refractivity contribution in [2.45, 2.75) is 32.7 Å². The van der Waals surface area contributed by atoms with Crippen LogP contribution in [0.1, 0.15) is 26.7 Å². The van der Waals surface area contributed by atoms with Gasteiger partial charge < -0.3 is 10.1 Å². The van der Waals surface area contributed by atoms with Crippen molar-refractivity contribution >= 4 is 10.0 Å². The molecule has 0 aliphatic carbocycles. The first-order valence-corrected chi connectivity index (χ1v) is 7.73. The number of methoxy groups -OCH3 is 1. The van der Waals surface area contributed by atoms with Crippen molar-refractivity contribution in [1.82, 2.24) is 9.62 Å². The smallest absolute Gasteiger partial charge is 0.214 e. The summed E-state index contributed by atoms with van der Waals surface area (Å²) < 4.78 is 30.8. The second-order valence-corrected chi connectivity index (χ2v) is 6.17. The molecule has 0 fully saturated rings. The topological polar surface area (TPSA) is 58.6 Å². The molecule has 1 N–H and O–H groups in total. The van der Waals surface area contributed by atoms with Crippen LogP contribution in [0, 0.1) is 0 Å². The molecule has 0 aliphatic rings. The van der Waals surface area contributed by atoms with E-state index >= 15 is 0 Å². The fraction of sp³-hybridized carbons (Fsp3) is 1.00. The highest BCUT2D eigenvalue weighted by atomic mass is 32.2. The van der Waals surface area contributed by atoms with Gasteiger partial charge in [0.25, 0.3) is 0 Å². The van der Waals surface area contributed by atoms with Gasteiger partial charge >= 0.3 is 0 Å². The van der Waals surface area contributed by atoms with Crippen LogP contribution in [-0.2, 0) is 14.8 Å². The van der Waals surface area contributed by atoms with Gasteiger partial charge in [-0.1, -0.05) is 6.92 Å². The van der Waals surface area contributed by atoms with Crippen molar-refractivity contribution in [2.24, 2.45) is 0 Å². The highest BCUT2D eigenvalue weighted by molar-refractivity contribution is 7.89. The van der Waals surface area contributed by atoms with Crippen LogP contribution < -0.4 is 5.32 Å². The van der Waals surface area contributed by atoms with Crippen LogP contribution in [0.4, 0.5) is 0 Å². The van der Waals surface area contributed by atoms with Gasteiger partial charge in [-0.3, -0.25) is 0 Å². The van der Waals surface area contributed by atoms with Gasteiger partial charge in [0, 0.05) is 19.7 Å². The van der Waals surface area contributed by atoms with Crippen molar-refractivity contribution in [3.63, 3.8) is 0 Å². The van der Waals surface area contributed by atoms with Crippen molar-refractivity contribution < 1.29 is 13.2 Å². The molecule has 17 heavy (non-hydrogen) atoms. The molecule has 0 heterocycles. The number of hydrogen-bond donors (Lipinski definition) is 1. The molecule has 104 valence electrons. The monoisotopic (exact) mass is 266 g/mol. The number of sulfonamides is 1. The third-order valence-electron chi connectivity index (χ3n) is 2.78. The Morgan fingerprint density at radius 2 is 2.06 bits per heavy atom. The number of hydrogen-bond acceptors (Lipinski definition) is 4. The van der Waals surface area contributed by atoms with E-state index in [1.165, 1.54) is 0 Å². The fourth-order valence-electron chi connectivity index (χ4n) is 1.57. The van der Waals surface area contributed by atoms with E-state index < -0.39 is 10.0 Å². The molecule has 0 aromatic rings. The van der Waals surface area contributed by atoms with E-state index in [-0.39, 0.29) is 11.8 Å². The molecule has 0 bridgehead atoms. The summed E-state index contributed by atoms with van der Waals surface area (Å²) in [6.07, 6.45) is 1.45. The number of rotatable bonds is 10. The average Bonchev–Trinajstić information content (AvgIpc) is 2.29. The number of nitrogens with zero attached hydrogens (tertiary/aromatic N) is 1. The van der Waals surface area contributed by atoms with Crippen LogP contribution in [-0.4, -0.2) is 58.4 Å². The Balaban J connectivity index is 4.53. The molecule has 0 aromatic carbocycles. The first kappa shape index (κ1) is 16.8. The van der Waals surface area contributed by atoms with Crippen LogP contribution in [0.15, 0.2) is 0 Å². The van der Waals surface area contributed by atoms with Gasteiger partial charge in [-0.2, -0.15) is 4.31 Å². The Morgan fingerprint density at radius 3 is 2.53 bits per heavy atom. The maximum Gasteiger partial charge on any atom is 0.214 e. The van der Waals surface area contributed by atoms with E-state index in [0.29, 0.717) is 19.6 Å². The summed E-state index contributed by atoms with van der Waals surface area (Å²) in [7, 11) is 0.244. The van der Waals surface area contributed by atoms with Crippen LogP contribution in [0.2, 0.25) is 0 Å². The normalized spacial score (nSPS) is 14.2. The predicted molar refractivity (Wildman–Crippen MR) is 70.7 cm³/mol. The molecule has 1 unspecified atom stereocenters. The van der Waals surface area contributed by atoms with Crippen molar-refractivity contribution in [2.75, 3.05) is 39.6 Å².